The molecule has 3 rings (SSSR count). The predicted octanol–water partition coefficient (Wildman–Crippen LogP) is 2.26. The number of anilines is 1. The summed E-state index contributed by atoms with van der Waals surface area (Å²) in [4.78, 5) is 38.5. The van der Waals surface area contributed by atoms with E-state index in [-0.39, 0.29) is 40.6 Å². The van der Waals surface area contributed by atoms with Gasteiger partial charge in [0.1, 0.15) is 5.82 Å². The number of nitrogens with zero attached hydrogens (tertiary/aromatic N) is 1. The van der Waals surface area contributed by atoms with Crippen LogP contribution in [0.4, 0.5) is 10.1 Å². The first-order valence-electron chi connectivity index (χ1n) is 7.90. The van der Waals surface area contributed by atoms with Crippen molar-refractivity contribution in [2.45, 2.75) is 0 Å². The standard InChI is InChI=1S/C19H16FNO6/c1-25-14-8-12-15(18(27-3)17(14)26-2)16(23)19(24)21(12)9-13(22)10-4-6-11(20)7-5-10/h4-8H,9H2,1-3H3. The van der Waals surface area contributed by atoms with Gasteiger partial charge in [0.25, 0.3) is 11.7 Å². The molecule has 0 unspecified atom stereocenters. The molecule has 0 atom stereocenters. The zero-order valence-electron chi connectivity index (χ0n) is 14.9. The number of carbonyl (C=O) groups is 3. The van der Waals surface area contributed by atoms with Gasteiger partial charge >= 0.3 is 0 Å². The van der Waals surface area contributed by atoms with Crippen LogP contribution in [0.1, 0.15) is 20.7 Å². The number of methoxy groups -OCH3 is 3. The molecule has 1 aliphatic heterocycles. The number of fused-ring (bicyclic) bond motifs is 1. The van der Waals surface area contributed by atoms with Crippen molar-refractivity contribution in [1.29, 1.82) is 0 Å². The van der Waals surface area contributed by atoms with Crippen LogP contribution in [0.2, 0.25) is 0 Å². The number of benzene rings is 2. The molecule has 1 heterocycles. The highest BCUT2D eigenvalue weighted by Gasteiger charge is 2.42. The Hall–Kier alpha value is -3.42. The molecule has 0 bridgehead atoms. The van der Waals surface area contributed by atoms with Crippen molar-refractivity contribution in [3.63, 3.8) is 0 Å². The minimum absolute atomic E-state index is 0.00653. The van der Waals surface area contributed by atoms with E-state index in [1.807, 2.05) is 0 Å². The maximum absolute atomic E-state index is 13.0. The number of amides is 1. The van der Waals surface area contributed by atoms with Gasteiger partial charge in [-0.1, -0.05) is 0 Å². The Morgan fingerprint density at radius 2 is 1.63 bits per heavy atom. The number of Topliss-reactive ketones (excluding diaryl/α,β-unsaturated/α-hetero) is 2. The third-order valence-corrected chi connectivity index (χ3v) is 4.23. The topological polar surface area (TPSA) is 82.1 Å². The van der Waals surface area contributed by atoms with Crippen molar-refractivity contribution < 1.29 is 33.0 Å². The van der Waals surface area contributed by atoms with Crippen LogP contribution < -0.4 is 19.1 Å². The first-order valence-corrected chi connectivity index (χ1v) is 7.90. The van der Waals surface area contributed by atoms with E-state index in [4.69, 9.17) is 14.2 Å². The molecule has 0 fully saturated rings. The highest BCUT2D eigenvalue weighted by molar-refractivity contribution is 6.53. The summed E-state index contributed by atoms with van der Waals surface area (Å²) in [6, 6.07) is 6.37. The van der Waals surface area contributed by atoms with Crippen molar-refractivity contribution in [3.05, 3.63) is 47.3 Å². The Kier molecular flexibility index (Phi) is 4.81. The summed E-state index contributed by atoms with van der Waals surface area (Å²) >= 11 is 0. The van der Waals surface area contributed by atoms with Crippen LogP contribution in [0.5, 0.6) is 17.2 Å². The summed E-state index contributed by atoms with van der Waals surface area (Å²) in [5.41, 5.74) is 0.416. The summed E-state index contributed by atoms with van der Waals surface area (Å²) in [6.45, 7) is -0.387. The van der Waals surface area contributed by atoms with Crippen LogP contribution in [0.3, 0.4) is 0 Å². The maximum atomic E-state index is 13.0. The fraction of sp³-hybridized carbons (Fsp3) is 0.211. The third kappa shape index (κ3) is 2.99. The van der Waals surface area contributed by atoms with Gasteiger partial charge in [-0.2, -0.15) is 0 Å². The monoisotopic (exact) mass is 373 g/mol. The minimum atomic E-state index is -0.867. The summed E-state index contributed by atoms with van der Waals surface area (Å²) in [6.07, 6.45) is 0. The fourth-order valence-corrected chi connectivity index (χ4v) is 2.94. The van der Waals surface area contributed by atoms with E-state index in [2.05, 4.69) is 0 Å². The Morgan fingerprint density at radius 1 is 1.00 bits per heavy atom. The van der Waals surface area contributed by atoms with Crippen LogP contribution in [-0.2, 0) is 4.79 Å². The number of rotatable bonds is 6. The van der Waals surface area contributed by atoms with Gasteiger partial charge in [0.2, 0.25) is 5.75 Å². The zero-order valence-corrected chi connectivity index (χ0v) is 14.9. The second kappa shape index (κ2) is 7.06. The summed E-state index contributed by atoms with van der Waals surface area (Å²) in [5, 5.41) is 0. The lowest BCUT2D eigenvalue weighted by Gasteiger charge is -2.19. The van der Waals surface area contributed by atoms with Crippen molar-refractivity contribution >= 4 is 23.2 Å². The molecule has 0 aromatic heterocycles. The van der Waals surface area contributed by atoms with Crippen molar-refractivity contribution in [2.75, 3.05) is 32.8 Å². The molecule has 0 aliphatic carbocycles. The third-order valence-electron chi connectivity index (χ3n) is 4.23. The van der Waals surface area contributed by atoms with E-state index < -0.39 is 23.3 Å². The molecule has 1 amide bonds. The molecule has 2 aromatic rings. The lowest BCUT2D eigenvalue weighted by Crippen LogP contribution is -2.34. The summed E-state index contributed by atoms with van der Waals surface area (Å²) < 4.78 is 28.8. The second-order valence-corrected chi connectivity index (χ2v) is 5.69. The molecule has 27 heavy (non-hydrogen) atoms. The smallest absolute Gasteiger partial charge is 0.300 e. The second-order valence-electron chi connectivity index (χ2n) is 5.69. The normalized spacial score (nSPS) is 12.8. The van der Waals surface area contributed by atoms with Gasteiger partial charge < -0.3 is 14.2 Å². The fourth-order valence-electron chi connectivity index (χ4n) is 2.94. The van der Waals surface area contributed by atoms with Gasteiger partial charge in [0, 0.05) is 11.6 Å². The number of ether oxygens (including phenoxy) is 3. The lowest BCUT2D eigenvalue weighted by molar-refractivity contribution is -0.114. The Labute approximate surface area is 154 Å². The molecule has 0 saturated carbocycles. The number of carbonyl (C=O) groups excluding carboxylic acids is 3. The van der Waals surface area contributed by atoms with E-state index in [1.165, 1.54) is 39.5 Å². The van der Waals surface area contributed by atoms with E-state index in [1.54, 1.807) is 0 Å². The Balaban J connectivity index is 2.05. The molecule has 0 spiro atoms. The Bertz CT molecular complexity index is 938. The number of ketones is 2. The summed E-state index contributed by atoms with van der Waals surface area (Å²) in [5.74, 6) is -2.13. The van der Waals surface area contributed by atoms with Crippen LogP contribution in [0, 0.1) is 5.82 Å². The van der Waals surface area contributed by atoms with Gasteiger partial charge in [-0.05, 0) is 24.3 Å². The molecule has 8 heteroatoms. The van der Waals surface area contributed by atoms with Gasteiger partial charge in [0.15, 0.2) is 17.3 Å². The molecule has 1 aliphatic rings. The predicted molar refractivity (Wildman–Crippen MR) is 93.5 cm³/mol. The molecule has 7 nitrogen and oxygen atoms in total. The molecule has 2 aromatic carbocycles. The van der Waals surface area contributed by atoms with Gasteiger partial charge in [-0.15, -0.1) is 0 Å². The lowest BCUT2D eigenvalue weighted by atomic mass is 10.1. The van der Waals surface area contributed by atoms with E-state index in [0.717, 1.165) is 17.0 Å². The molecular weight excluding hydrogens is 357 g/mol. The molecule has 0 radical (unpaired) electrons. The molecule has 0 N–H and O–H groups in total. The van der Waals surface area contributed by atoms with Gasteiger partial charge in [-0.3, -0.25) is 19.3 Å². The average molecular weight is 373 g/mol. The minimum Gasteiger partial charge on any atom is -0.493 e. The summed E-state index contributed by atoms with van der Waals surface area (Å²) in [7, 11) is 4.11. The highest BCUT2D eigenvalue weighted by atomic mass is 19.1. The average Bonchev–Trinajstić information content (AvgIpc) is 2.91. The van der Waals surface area contributed by atoms with E-state index >= 15 is 0 Å². The molecule has 0 saturated heterocycles. The van der Waals surface area contributed by atoms with E-state index in [9.17, 15) is 18.8 Å². The van der Waals surface area contributed by atoms with Crippen molar-refractivity contribution in [1.82, 2.24) is 0 Å². The SMILES string of the molecule is COc1cc2c(c(OC)c1OC)C(=O)C(=O)N2CC(=O)c1ccc(F)cc1. The van der Waals surface area contributed by atoms with Crippen LogP contribution >= 0.6 is 0 Å². The number of hydrogen-bond donors (Lipinski definition) is 0. The first-order chi connectivity index (χ1) is 12.9. The maximum Gasteiger partial charge on any atom is 0.300 e. The Morgan fingerprint density at radius 3 is 2.19 bits per heavy atom. The van der Waals surface area contributed by atoms with Gasteiger partial charge in [0.05, 0.1) is 39.1 Å². The first kappa shape index (κ1) is 18.4. The van der Waals surface area contributed by atoms with Crippen molar-refractivity contribution in [3.8, 4) is 17.2 Å². The number of hydrogen-bond acceptors (Lipinski definition) is 6. The number of halogens is 1. The van der Waals surface area contributed by atoms with Gasteiger partial charge in [-0.25, -0.2) is 4.39 Å². The largest absolute Gasteiger partial charge is 0.493 e. The van der Waals surface area contributed by atoms with Crippen LogP contribution in [0.25, 0.3) is 0 Å². The molecular formula is C19H16FNO6. The van der Waals surface area contributed by atoms with Crippen LogP contribution in [0.15, 0.2) is 30.3 Å². The quantitative estimate of drug-likeness (QED) is 0.571. The zero-order chi connectivity index (χ0) is 19.7. The van der Waals surface area contributed by atoms with E-state index in [0.29, 0.717) is 0 Å². The molecule has 140 valence electrons. The van der Waals surface area contributed by atoms with Crippen molar-refractivity contribution in [2.24, 2.45) is 0 Å². The van der Waals surface area contributed by atoms with Crippen LogP contribution in [-0.4, -0.2) is 45.3 Å². The highest BCUT2D eigenvalue weighted by Crippen LogP contribution is 2.48.